The zero-order valence-corrected chi connectivity index (χ0v) is 12.3. The number of nitrogens with one attached hydrogen (secondary N) is 1. The molecular formula is C16H20N2O4. The normalized spacial score (nSPS) is 17.8. The lowest BCUT2D eigenvalue weighted by atomic mass is 9.99. The van der Waals surface area contributed by atoms with Gasteiger partial charge in [-0.2, -0.15) is 0 Å². The van der Waals surface area contributed by atoms with E-state index in [0.717, 1.165) is 12.8 Å². The predicted octanol–water partition coefficient (Wildman–Crippen LogP) is 1.91. The van der Waals surface area contributed by atoms with Crippen LogP contribution in [0, 0.1) is 0 Å². The molecule has 1 aromatic rings. The Balaban J connectivity index is 1.82. The summed E-state index contributed by atoms with van der Waals surface area (Å²) in [6, 6.07) is 8.45. The maximum Gasteiger partial charge on any atom is 0.407 e. The summed E-state index contributed by atoms with van der Waals surface area (Å²) >= 11 is 0. The second kappa shape index (κ2) is 7.59. The molecule has 22 heavy (non-hydrogen) atoms. The molecule has 6 nitrogen and oxygen atoms in total. The van der Waals surface area contributed by atoms with Crippen LogP contribution in [0.4, 0.5) is 4.79 Å². The first-order valence-corrected chi connectivity index (χ1v) is 7.42. The maximum absolute atomic E-state index is 11.9. The summed E-state index contributed by atoms with van der Waals surface area (Å²) in [5, 5.41) is 11.7. The van der Waals surface area contributed by atoms with E-state index in [2.05, 4.69) is 5.32 Å². The predicted molar refractivity (Wildman–Crippen MR) is 80.8 cm³/mol. The highest BCUT2D eigenvalue weighted by Gasteiger charge is 2.28. The lowest BCUT2D eigenvalue weighted by Gasteiger charge is -2.33. The van der Waals surface area contributed by atoms with E-state index in [0.29, 0.717) is 18.5 Å². The van der Waals surface area contributed by atoms with E-state index >= 15 is 0 Å². The summed E-state index contributed by atoms with van der Waals surface area (Å²) in [7, 11) is 0. The number of ketones is 1. The number of Topliss-reactive ketones (excluding diaryl/α,β-unsaturated/α-hetero) is 1. The molecular weight excluding hydrogens is 284 g/mol. The zero-order chi connectivity index (χ0) is 15.9. The number of amides is 2. The molecule has 0 aliphatic carbocycles. The van der Waals surface area contributed by atoms with Crippen molar-refractivity contribution in [2.45, 2.75) is 31.7 Å². The summed E-state index contributed by atoms with van der Waals surface area (Å²) in [5.41, 5.74) is 0.549. The van der Waals surface area contributed by atoms with Crippen molar-refractivity contribution in [1.29, 1.82) is 0 Å². The number of benzene rings is 1. The van der Waals surface area contributed by atoms with E-state index in [4.69, 9.17) is 5.11 Å². The Morgan fingerprint density at radius 1 is 1.18 bits per heavy atom. The van der Waals surface area contributed by atoms with Gasteiger partial charge in [-0.05, 0) is 19.3 Å². The van der Waals surface area contributed by atoms with Crippen molar-refractivity contribution in [3.63, 3.8) is 0 Å². The number of rotatable bonds is 5. The average Bonchev–Trinajstić information content (AvgIpc) is 2.53. The summed E-state index contributed by atoms with van der Waals surface area (Å²) in [5.74, 6) is -0.449. The largest absolute Gasteiger partial charge is 0.465 e. The van der Waals surface area contributed by atoms with Crippen LogP contribution in [0.5, 0.6) is 0 Å². The minimum atomic E-state index is -0.988. The first-order valence-electron chi connectivity index (χ1n) is 7.42. The monoisotopic (exact) mass is 304 g/mol. The van der Waals surface area contributed by atoms with Crippen LogP contribution in [0.25, 0.3) is 0 Å². The Bertz CT molecular complexity index is 544. The Hall–Kier alpha value is -2.37. The van der Waals surface area contributed by atoms with Gasteiger partial charge in [-0.25, -0.2) is 4.79 Å². The fourth-order valence-corrected chi connectivity index (χ4v) is 2.66. The molecule has 0 aromatic heterocycles. The number of hydrogen-bond acceptors (Lipinski definition) is 3. The minimum absolute atomic E-state index is 0.0668. The highest BCUT2D eigenvalue weighted by atomic mass is 16.4. The number of carbonyl (C=O) groups excluding carboxylic acids is 2. The molecule has 2 rings (SSSR count). The molecule has 1 aliphatic rings. The van der Waals surface area contributed by atoms with Gasteiger partial charge in [-0.1, -0.05) is 30.3 Å². The van der Waals surface area contributed by atoms with Crippen molar-refractivity contribution in [2.24, 2.45) is 0 Å². The fourth-order valence-electron chi connectivity index (χ4n) is 2.66. The van der Waals surface area contributed by atoms with Crippen molar-refractivity contribution < 1.29 is 19.5 Å². The van der Waals surface area contributed by atoms with Crippen LogP contribution >= 0.6 is 0 Å². The van der Waals surface area contributed by atoms with Crippen molar-refractivity contribution in [2.75, 3.05) is 13.1 Å². The second-order valence-corrected chi connectivity index (χ2v) is 5.40. The molecule has 0 radical (unpaired) electrons. The summed E-state index contributed by atoms with van der Waals surface area (Å²) < 4.78 is 0. The van der Waals surface area contributed by atoms with E-state index in [1.54, 1.807) is 24.3 Å². The van der Waals surface area contributed by atoms with Gasteiger partial charge in [0.05, 0.1) is 6.54 Å². The Morgan fingerprint density at radius 3 is 2.59 bits per heavy atom. The molecule has 2 N–H and O–H groups in total. The fraction of sp³-hybridized carbons (Fsp3) is 0.438. The number of hydrogen-bond donors (Lipinski definition) is 2. The van der Waals surface area contributed by atoms with Gasteiger partial charge in [0.25, 0.3) is 0 Å². The summed E-state index contributed by atoms with van der Waals surface area (Å²) in [4.78, 5) is 36.3. The Kier molecular flexibility index (Phi) is 5.52. The van der Waals surface area contributed by atoms with Gasteiger partial charge in [0.1, 0.15) is 0 Å². The first-order chi connectivity index (χ1) is 10.6. The molecule has 1 heterocycles. The molecule has 0 saturated carbocycles. The Morgan fingerprint density at radius 2 is 1.91 bits per heavy atom. The standard InChI is InChI=1S/C16H20N2O4/c19-14(12-6-2-1-3-7-12)11-17-15(20)10-13-8-4-5-9-18(13)16(21)22/h1-3,6-7,13H,4-5,8-11H2,(H,17,20)(H,21,22)/t13-/m1/s1. The molecule has 6 heteroatoms. The summed E-state index contributed by atoms with van der Waals surface area (Å²) in [6.07, 6.45) is 1.56. The first kappa shape index (κ1) is 16.0. The smallest absolute Gasteiger partial charge is 0.407 e. The number of carbonyl (C=O) groups is 3. The van der Waals surface area contributed by atoms with Crippen LogP contribution in [-0.2, 0) is 4.79 Å². The minimum Gasteiger partial charge on any atom is -0.465 e. The van der Waals surface area contributed by atoms with E-state index < -0.39 is 6.09 Å². The lowest BCUT2D eigenvalue weighted by Crippen LogP contribution is -2.45. The van der Waals surface area contributed by atoms with Crippen LogP contribution in [0.3, 0.4) is 0 Å². The van der Waals surface area contributed by atoms with E-state index in [9.17, 15) is 14.4 Å². The molecule has 1 saturated heterocycles. The topological polar surface area (TPSA) is 86.7 Å². The molecule has 1 atom stereocenters. The Labute approximate surface area is 129 Å². The van der Waals surface area contributed by atoms with E-state index in [1.165, 1.54) is 4.90 Å². The molecule has 1 aliphatic heterocycles. The van der Waals surface area contributed by atoms with Gasteiger partial charge >= 0.3 is 6.09 Å². The number of likely N-dealkylation sites (tertiary alicyclic amines) is 1. The van der Waals surface area contributed by atoms with Crippen molar-refractivity contribution in [1.82, 2.24) is 10.2 Å². The van der Waals surface area contributed by atoms with Gasteiger partial charge in [-0.3, -0.25) is 9.59 Å². The molecule has 0 spiro atoms. The van der Waals surface area contributed by atoms with Crippen molar-refractivity contribution in [3.8, 4) is 0 Å². The van der Waals surface area contributed by atoms with Crippen LogP contribution < -0.4 is 5.32 Å². The third-order valence-corrected chi connectivity index (χ3v) is 3.84. The average molecular weight is 304 g/mol. The van der Waals surface area contributed by atoms with Crippen LogP contribution in [0.1, 0.15) is 36.0 Å². The summed E-state index contributed by atoms with van der Waals surface area (Å²) in [6.45, 7) is 0.402. The van der Waals surface area contributed by atoms with Crippen LogP contribution in [0.15, 0.2) is 30.3 Å². The van der Waals surface area contributed by atoms with E-state index in [-0.39, 0.29) is 30.7 Å². The van der Waals surface area contributed by atoms with Gasteiger partial charge in [0.15, 0.2) is 5.78 Å². The second-order valence-electron chi connectivity index (χ2n) is 5.40. The van der Waals surface area contributed by atoms with Gasteiger partial charge < -0.3 is 15.3 Å². The van der Waals surface area contributed by atoms with Crippen molar-refractivity contribution in [3.05, 3.63) is 35.9 Å². The van der Waals surface area contributed by atoms with Gasteiger partial charge in [0.2, 0.25) is 5.91 Å². The zero-order valence-electron chi connectivity index (χ0n) is 12.3. The van der Waals surface area contributed by atoms with Gasteiger partial charge in [0, 0.05) is 24.6 Å². The highest BCUT2D eigenvalue weighted by molar-refractivity contribution is 5.99. The number of carboxylic acid groups (broad SMARTS) is 1. The third kappa shape index (κ3) is 4.31. The molecule has 0 bridgehead atoms. The third-order valence-electron chi connectivity index (χ3n) is 3.84. The maximum atomic E-state index is 11.9. The van der Waals surface area contributed by atoms with Crippen molar-refractivity contribution >= 4 is 17.8 Å². The highest BCUT2D eigenvalue weighted by Crippen LogP contribution is 2.19. The van der Waals surface area contributed by atoms with Crippen LogP contribution in [-0.4, -0.2) is 46.9 Å². The molecule has 1 aromatic carbocycles. The molecule has 1 fully saturated rings. The number of nitrogens with zero attached hydrogens (tertiary/aromatic N) is 1. The number of piperidine rings is 1. The van der Waals surface area contributed by atoms with Gasteiger partial charge in [-0.15, -0.1) is 0 Å². The SMILES string of the molecule is O=C(C[C@H]1CCCCN1C(=O)O)NCC(=O)c1ccccc1. The molecule has 118 valence electrons. The molecule has 0 unspecified atom stereocenters. The molecule has 2 amide bonds. The lowest BCUT2D eigenvalue weighted by molar-refractivity contribution is -0.122. The van der Waals surface area contributed by atoms with E-state index in [1.807, 2.05) is 6.07 Å². The van der Waals surface area contributed by atoms with Crippen LogP contribution in [0.2, 0.25) is 0 Å². The quantitative estimate of drug-likeness (QED) is 0.814.